The smallest absolute Gasteiger partial charge is 0.335 e. The van der Waals surface area contributed by atoms with Crippen molar-refractivity contribution in [1.29, 1.82) is 0 Å². The van der Waals surface area contributed by atoms with E-state index in [4.69, 9.17) is 30.8 Å². The highest BCUT2D eigenvalue weighted by molar-refractivity contribution is 6.30. The standard InChI is InChI=1S/C30H29ClFN3O5/c31-21-5-7-28(25(32)14-21)39-18-19-2-1-3-22(12-19)40-24-8-10-34(15-24)17-29-33-26-6-4-20(30(36)37)13-27(26)35(29)16-23-9-11-38-23/h1-7,12-14,23-24H,8-11,15-18H2,(H,36,37)/t23-,24-/m0/s1. The van der Waals surface area contributed by atoms with Crippen molar-refractivity contribution in [1.82, 2.24) is 14.5 Å². The van der Waals surface area contributed by atoms with Gasteiger partial charge in [-0.2, -0.15) is 0 Å². The summed E-state index contributed by atoms with van der Waals surface area (Å²) < 4.78 is 33.7. The molecule has 2 aliphatic heterocycles. The number of hydrogen-bond donors (Lipinski definition) is 1. The van der Waals surface area contributed by atoms with Gasteiger partial charge in [-0.3, -0.25) is 4.90 Å². The van der Waals surface area contributed by atoms with Crippen LogP contribution in [0.2, 0.25) is 5.02 Å². The molecule has 2 saturated heterocycles. The van der Waals surface area contributed by atoms with Gasteiger partial charge in [0.15, 0.2) is 11.6 Å². The van der Waals surface area contributed by atoms with Crippen molar-refractivity contribution in [3.05, 3.63) is 88.5 Å². The van der Waals surface area contributed by atoms with Gasteiger partial charge < -0.3 is 23.9 Å². The first kappa shape index (κ1) is 26.6. The van der Waals surface area contributed by atoms with E-state index < -0.39 is 11.8 Å². The number of ether oxygens (including phenoxy) is 3. The van der Waals surface area contributed by atoms with Crippen LogP contribution in [-0.2, 0) is 24.4 Å². The van der Waals surface area contributed by atoms with Gasteiger partial charge in [-0.25, -0.2) is 14.2 Å². The van der Waals surface area contributed by atoms with Crippen LogP contribution in [0.5, 0.6) is 11.5 Å². The van der Waals surface area contributed by atoms with Gasteiger partial charge in [0.2, 0.25) is 0 Å². The van der Waals surface area contributed by atoms with Crippen molar-refractivity contribution in [2.24, 2.45) is 0 Å². The number of aromatic nitrogens is 2. The molecule has 0 saturated carbocycles. The fraction of sp³-hybridized carbons (Fsp3) is 0.333. The summed E-state index contributed by atoms with van der Waals surface area (Å²) in [6, 6.07) is 17.0. The van der Waals surface area contributed by atoms with Gasteiger partial charge >= 0.3 is 5.97 Å². The van der Waals surface area contributed by atoms with Crippen LogP contribution < -0.4 is 9.47 Å². The van der Waals surface area contributed by atoms with Crippen LogP contribution in [0.3, 0.4) is 0 Å². The zero-order valence-electron chi connectivity index (χ0n) is 21.8. The molecule has 40 heavy (non-hydrogen) atoms. The summed E-state index contributed by atoms with van der Waals surface area (Å²) in [4.78, 5) is 18.7. The number of aromatic carboxylic acids is 1. The molecular formula is C30H29ClFN3O5. The van der Waals surface area contributed by atoms with E-state index >= 15 is 0 Å². The van der Waals surface area contributed by atoms with Gasteiger partial charge in [-0.1, -0.05) is 23.7 Å². The molecule has 0 radical (unpaired) electrons. The van der Waals surface area contributed by atoms with Crippen LogP contribution >= 0.6 is 11.6 Å². The summed E-state index contributed by atoms with van der Waals surface area (Å²) in [6.45, 7) is 3.83. The number of benzene rings is 3. The van der Waals surface area contributed by atoms with Crippen molar-refractivity contribution < 1.29 is 28.5 Å². The Morgan fingerprint density at radius 1 is 1.15 bits per heavy atom. The lowest BCUT2D eigenvalue weighted by Gasteiger charge is -2.28. The molecule has 0 amide bonds. The molecule has 0 aliphatic carbocycles. The molecule has 2 atom stereocenters. The predicted molar refractivity (Wildman–Crippen MR) is 148 cm³/mol. The second-order valence-electron chi connectivity index (χ2n) is 10.2. The Morgan fingerprint density at radius 3 is 2.80 bits per heavy atom. The Balaban J connectivity index is 1.10. The molecule has 1 aromatic heterocycles. The molecule has 8 nitrogen and oxygen atoms in total. The van der Waals surface area contributed by atoms with Gasteiger partial charge in [0, 0.05) is 24.7 Å². The normalized spacial score (nSPS) is 19.1. The maximum atomic E-state index is 14.0. The van der Waals surface area contributed by atoms with Gasteiger partial charge in [0.1, 0.15) is 24.3 Å². The molecular weight excluding hydrogens is 537 g/mol. The monoisotopic (exact) mass is 565 g/mol. The molecule has 4 aromatic rings. The summed E-state index contributed by atoms with van der Waals surface area (Å²) in [7, 11) is 0. The zero-order chi connectivity index (χ0) is 27.6. The summed E-state index contributed by atoms with van der Waals surface area (Å²) >= 11 is 5.82. The molecule has 208 valence electrons. The second-order valence-corrected chi connectivity index (χ2v) is 10.6. The SMILES string of the molecule is O=C(O)c1ccc2nc(CN3CC[C@H](Oc4cccc(COc5ccc(Cl)cc5F)c4)C3)n(C[C@@H]3CCO3)c2c1. The number of hydrogen-bond acceptors (Lipinski definition) is 6. The molecule has 6 rings (SSSR count). The number of imidazole rings is 1. The van der Waals surface area contributed by atoms with Crippen LogP contribution in [-0.4, -0.2) is 57.4 Å². The Bertz CT molecular complexity index is 1540. The molecule has 0 bridgehead atoms. The number of nitrogens with zero attached hydrogens (tertiary/aromatic N) is 3. The van der Waals surface area contributed by atoms with Crippen LogP contribution in [0.15, 0.2) is 60.7 Å². The Morgan fingerprint density at radius 2 is 2.02 bits per heavy atom. The lowest BCUT2D eigenvalue weighted by atomic mass is 10.1. The molecule has 3 heterocycles. The molecule has 10 heteroatoms. The molecule has 3 aromatic carbocycles. The lowest BCUT2D eigenvalue weighted by Crippen LogP contribution is -2.33. The molecule has 0 spiro atoms. The summed E-state index contributed by atoms with van der Waals surface area (Å²) in [5.41, 5.74) is 2.71. The van der Waals surface area contributed by atoms with Gasteiger partial charge in [0.05, 0.1) is 35.8 Å². The summed E-state index contributed by atoms with van der Waals surface area (Å²) in [5, 5.41) is 9.80. The van der Waals surface area contributed by atoms with E-state index in [9.17, 15) is 14.3 Å². The highest BCUT2D eigenvalue weighted by atomic mass is 35.5. The van der Waals surface area contributed by atoms with Crippen molar-refractivity contribution in [3.63, 3.8) is 0 Å². The number of carboxylic acid groups (broad SMARTS) is 1. The maximum Gasteiger partial charge on any atom is 0.335 e. The highest BCUT2D eigenvalue weighted by Gasteiger charge is 2.27. The maximum absolute atomic E-state index is 14.0. The third-order valence-electron chi connectivity index (χ3n) is 7.34. The van der Waals surface area contributed by atoms with Crippen LogP contribution in [0.4, 0.5) is 4.39 Å². The van der Waals surface area contributed by atoms with E-state index in [0.717, 1.165) is 60.7 Å². The third kappa shape index (κ3) is 5.91. The van der Waals surface area contributed by atoms with Crippen molar-refractivity contribution in [3.8, 4) is 11.5 Å². The fourth-order valence-corrected chi connectivity index (χ4v) is 5.31. The van der Waals surface area contributed by atoms with E-state index in [1.54, 1.807) is 24.3 Å². The largest absolute Gasteiger partial charge is 0.489 e. The number of fused-ring (bicyclic) bond motifs is 1. The minimum Gasteiger partial charge on any atom is -0.489 e. The van der Waals surface area contributed by atoms with Gasteiger partial charge in [-0.05, 0) is 66.9 Å². The van der Waals surface area contributed by atoms with Gasteiger partial charge in [-0.15, -0.1) is 0 Å². The van der Waals surface area contributed by atoms with Crippen molar-refractivity contribution >= 4 is 28.6 Å². The average molecular weight is 566 g/mol. The Kier molecular flexibility index (Phi) is 7.60. The van der Waals surface area contributed by atoms with E-state index in [1.165, 1.54) is 12.1 Å². The quantitative estimate of drug-likeness (QED) is 0.270. The molecule has 2 aliphatic rings. The van der Waals surface area contributed by atoms with E-state index in [1.807, 2.05) is 24.3 Å². The summed E-state index contributed by atoms with van der Waals surface area (Å²) in [5.74, 6) is 0.323. The predicted octanol–water partition coefficient (Wildman–Crippen LogP) is 5.55. The van der Waals surface area contributed by atoms with Crippen LogP contribution in [0, 0.1) is 5.82 Å². The van der Waals surface area contributed by atoms with Gasteiger partial charge in [0.25, 0.3) is 0 Å². The van der Waals surface area contributed by atoms with Crippen molar-refractivity contribution in [2.75, 3.05) is 19.7 Å². The number of halogens is 2. The first-order valence-electron chi connectivity index (χ1n) is 13.3. The first-order valence-corrected chi connectivity index (χ1v) is 13.7. The molecule has 2 fully saturated rings. The fourth-order valence-electron chi connectivity index (χ4n) is 5.15. The van der Waals surface area contributed by atoms with Crippen molar-refractivity contribution in [2.45, 2.75) is 44.7 Å². The lowest BCUT2D eigenvalue weighted by molar-refractivity contribution is -0.0591. The highest BCUT2D eigenvalue weighted by Crippen LogP contribution is 2.26. The second kappa shape index (κ2) is 11.4. The van der Waals surface area contributed by atoms with E-state index in [0.29, 0.717) is 18.1 Å². The first-order chi connectivity index (χ1) is 19.4. The Labute approximate surface area is 235 Å². The van der Waals surface area contributed by atoms with E-state index in [2.05, 4.69) is 9.47 Å². The molecule has 0 unspecified atom stereocenters. The third-order valence-corrected chi connectivity index (χ3v) is 7.57. The topological polar surface area (TPSA) is 86.0 Å². The van der Waals surface area contributed by atoms with Crippen LogP contribution in [0.1, 0.15) is 34.6 Å². The molecule has 1 N–H and O–H groups in total. The number of rotatable bonds is 10. The van der Waals surface area contributed by atoms with Crippen LogP contribution in [0.25, 0.3) is 11.0 Å². The summed E-state index contributed by atoms with van der Waals surface area (Å²) in [6.07, 6.45) is 1.98. The minimum absolute atomic E-state index is 0.0104. The number of carboxylic acids is 1. The number of likely N-dealkylation sites (tertiary alicyclic amines) is 1. The van der Waals surface area contributed by atoms with E-state index in [-0.39, 0.29) is 30.1 Å². The minimum atomic E-state index is -0.955. The average Bonchev–Trinajstić information content (AvgIpc) is 3.49. The Hall–Kier alpha value is -3.66. The number of carbonyl (C=O) groups is 1. The zero-order valence-corrected chi connectivity index (χ0v) is 22.5.